The van der Waals surface area contributed by atoms with E-state index in [0.29, 0.717) is 5.92 Å². The number of guanidine groups is 1. The predicted octanol–water partition coefficient (Wildman–Crippen LogP) is 3.45. The van der Waals surface area contributed by atoms with E-state index in [1.807, 2.05) is 14.0 Å². The molecule has 0 atom stereocenters. The van der Waals surface area contributed by atoms with Gasteiger partial charge in [0.25, 0.3) is 0 Å². The Morgan fingerprint density at radius 3 is 2.32 bits per heavy atom. The molecule has 2 aromatic rings. The lowest BCUT2D eigenvalue weighted by Crippen LogP contribution is -2.43. The molecular weight excluding hydrogens is 503 g/mol. The molecule has 9 heteroatoms. The highest BCUT2D eigenvalue weighted by Gasteiger charge is 2.20. The van der Waals surface area contributed by atoms with Gasteiger partial charge < -0.3 is 10.6 Å². The van der Waals surface area contributed by atoms with Crippen LogP contribution in [0.1, 0.15) is 34.2 Å². The topological polar surface area (TPSA) is 65.4 Å². The van der Waals surface area contributed by atoms with Crippen molar-refractivity contribution in [1.29, 1.82) is 0 Å². The van der Waals surface area contributed by atoms with E-state index in [1.165, 1.54) is 18.5 Å². The zero-order chi connectivity index (χ0) is 19.1. The molecule has 1 aliphatic heterocycles. The monoisotopic (exact) mass is 534 g/mol. The summed E-state index contributed by atoms with van der Waals surface area (Å²) in [7, 11) is 1.83. The molecular formula is C19H31IN6S2. The molecule has 0 saturated carbocycles. The van der Waals surface area contributed by atoms with Crippen LogP contribution >= 0.6 is 46.7 Å². The molecule has 2 N–H and O–H groups in total. The maximum Gasteiger partial charge on any atom is 0.190 e. The van der Waals surface area contributed by atoms with Crippen LogP contribution in [0.2, 0.25) is 0 Å². The van der Waals surface area contributed by atoms with Crippen LogP contribution in [0.15, 0.2) is 15.8 Å². The number of halogens is 1. The molecule has 3 rings (SSSR count). The molecule has 0 bridgehead atoms. The van der Waals surface area contributed by atoms with Crippen LogP contribution in [0.3, 0.4) is 0 Å². The number of rotatable bonds is 7. The number of hydrogen-bond acceptors (Lipinski definition) is 6. The van der Waals surface area contributed by atoms with E-state index in [2.05, 4.69) is 48.2 Å². The third-order valence-corrected chi connectivity index (χ3v) is 6.53. The van der Waals surface area contributed by atoms with Gasteiger partial charge >= 0.3 is 0 Å². The van der Waals surface area contributed by atoms with Gasteiger partial charge in [-0.3, -0.25) is 9.89 Å². The van der Waals surface area contributed by atoms with Gasteiger partial charge in [0.15, 0.2) is 5.96 Å². The standard InChI is InChI=1S/C19H30N6S2.HI/c1-14-23-17(12-26-14)4-7-21-19(20-3)22-10-16-5-8-25(9-6-16)11-18-13-27-15(2)24-18;/h12-13,16H,4-11H2,1-3H3,(H2,20,21,22);1H. The molecule has 0 aliphatic carbocycles. The molecule has 1 saturated heterocycles. The molecule has 156 valence electrons. The summed E-state index contributed by atoms with van der Waals surface area (Å²) >= 11 is 3.45. The van der Waals surface area contributed by atoms with Crippen molar-refractivity contribution in [3.05, 3.63) is 32.2 Å². The molecule has 1 fully saturated rings. The van der Waals surface area contributed by atoms with Crippen molar-refractivity contribution in [1.82, 2.24) is 25.5 Å². The SMILES string of the molecule is CN=C(NCCc1csc(C)n1)NCC1CCN(Cc2csc(C)n2)CC1.I. The van der Waals surface area contributed by atoms with Gasteiger partial charge in [-0.05, 0) is 45.7 Å². The second-order valence-corrected chi connectivity index (χ2v) is 9.19. The summed E-state index contributed by atoms with van der Waals surface area (Å²) < 4.78 is 0. The molecule has 3 heterocycles. The number of aryl methyl sites for hydroxylation is 2. The Bertz CT molecular complexity index is 736. The van der Waals surface area contributed by atoms with Gasteiger partial charge in [-0.2, -0.15) is 0 Å². The number of likely N-dealkylation sites (tertiary alicyclic amines) is 1. The molecule has 0 aromatic carbocycles. The molecule has 0 amide bonds. The summed E-state index contributed by atoms with van der Waals surface area (Å²) in [5.41, 5.74) is 2.37. The minimum Gasteiger partial charge on any atom is -0.356 e. The Hall–Kier alpha value is -0.780. The summed E-state index contributed by atoms with van der Waals surface area (Å²) in [6.07, 6.45) is 3.38. The lowest BCUT2D eigenvalue weighted by Gasteiger charge is -2.31. The Morgan fingerprint density at radius 2 is 1.75 bits per heavy atom. The molecule has 0 unspecified atom stereocenters. The number of nitrogens with one attached hydrogen (secondary N) is 2. The summed E-state index contributed by atoms with van der Waals surface area (Å²) in [5.74, 6) is 1.60. The van der Waals surface area contributed by atoms with Crippen molar-refractivity contribution in [2.45, 2.75) is 39.7 Å². The molecule has 0 spiro atoms. The van der Waals surface area contributed by atoms with Gasteiger partial charge in [0, 0.05) is 43.9 Å². The first-order chi connectivity index (χ1) is 13.1. The maximum absolute atomic E-state index is 4.58. The molecule has 2 aromatic heterocycles. The number of aliphatic imine (C=N–C) groups is 1. The van der Waals surface area contributed by atoms with Crippen molar-refractivity contribution >= 4 is 52.6 Å². The first kappa shape index (κ1) is 23.5. The van der Waals surface area contributed by atoms with Crippen molar-refractivity contribution < 1.29 is 0 Å². The van der Waals surface area contributed by atoms with E-state index in [1.54, 1.807) is 22.7 Å². The first-order valence-electron chi connectivity index (χ1n) is 9.61. The number of piperidine rings is 1. The second-order valence-electron chi connectivity index (χ2n) is 7.07. The fraction of sp³-hybridized carbons (Fsp3) is 0.632. The van der Waals surface area contributed by atoms with Gasteiger partial charge in [0.1, 0.15) is 0 Å². The van der Waals surface area contributed by atoms with Crippen molar-refractivity contribution in [3.63, 3.8) is 0 Å². The van der Waals surface area contributed by atoms with Crippen molar-refractivity contribution in [2.24, 2.45) is 10.9 Å². The molecule has 6 nitrogen and oxygen atoms in total. The summed E-state index contributed by atoms with van der Waals surface area (Å²) in [6, 6.07) is 0. The van der Waals surface area contributed by atoms with Crippen LogP contribution in [-0.2, 0) is 13.0 Å². The van der Waals surface area contributed by atoms with Crippen LogP contribution < -0.4 is 10.6 Å². The van der Waals surface area contributed by atoms with Crippen LogP contribution in [0.25, 0.3) is 0 Å². The Labute approximate surface area is 193 Å². The summed E-state index contributed by atoms with van der Waals surface area (Å²) in [5, 5.41) is 13.5. The summed E-state index contributed by atoms with van der Waals surface area (Å²) in [4.78, 5) is 15.9. The van der Waals surface area contributed by atoms with Gasteiger partial charge in [-0.15, -0.1) is 46.7 Å². The summed E-state index contributed by atoms with van der Waals surface area (Å²) in [6.45, 7) is 9.25. The number of hydrogen-bond donors (Lipinski definition) is 2. The lowest BCUT2D eigenvalue weighted by molar-refractivity contribution is 0.176. The minimum absolute atomic E-state index is 0. The van der Waals surface area contributed by atoms with E-state index < -0.39 is 0 Å². The zero-order valence-corrected chi connectivity index (χ0v) is 20.9. The highest BCUT2D eigenvalue weighted by atomic mass is 127. The van der Waals surface area contributed by atoms with E-state index in [0.717, 1.165) is 60.8 Å². The fourth-order valence-electron chi connectivity index (χ4n) is 3.35. The average Bonchev–Trinajstić information content (AvgIpc) is 3.27. The third kappa shape index (κ3) is 7.57. The smallest absolute Gasteiger partial charge is 0.190 e. The molecule has 28 heavy (non-hydrogen) atoms. The van der Waals surface area contributed by atoms with E-state index in [-0.39, 0.29) is 24.0 Å². The van der Waals surface area contributed by atoms with E-state index >= 15 is 0 Å². The largest absolute Gasteiger partial charge is 0.356 e. The number of nitrogens with zero attached hydrogens (tertiary/aromatic N) is 4. The van der Waals surface area contributed by atoms with Crippen LogP contribution in [0, 0.1) is 19.8 Å². The van der Waals surface area contributed by atoms with Gasteiger partial charge in [0.05, 0.1) is 21.4 Å². The van der Waals surface area contributed by atoms with E-state index in [4.69, 9.17) is 0 Å². The Kier molecular flexibility index (Phi) is 10.1. The van der Waals surface area contributed by atoms with Crippen molar-refractivity contribution in [3.8, 4) is 0 Å². The van der Waals surface area contributed by atoms with Crippen LogP contribution in [-0.4, -0.2) is 54.1 Å². The third-order valence-electron chi connectivity index (χ3n) is 4.88. The normalized spacial score (nSPS) is 16.0. The second kappa shape index (κ2) is 12.0. The molecule has 1 aliphatic rings. The van der Waals surface area contributed by atoms with E-state index in [9.17, 15) is 0 Å². The average molecular weight is 535 g/mol. The van der Waals surface area contributed by atoms with Gasteiger partial charge in [-0.25, -0.2) is 9.97 Å². The first-order valence-corrected chi connectivity index (χ1v) is 11.4. The maximum atomic E-state index is 4.58. The van der Waals surface area contributed by atoms with Crippen LogP contribution in [0.5, 0.6) is 0 Å². The van der Waals surface area contributed by atoms with Gasteiger partial charge in [-0.1, -0.05) is 0 Å². The molecule has 0 radical (unpaired) electrons. The highest BCUT2D eigenvalue weighted by molar-refractivity contribution is 14.0. The minimum atomic E-state index is 0. The van der Waals surface area contributed by atoms with Crippen LogP contribution in [0.4, 0.5) is 0 Å². The fourth-order valence-corrected chi connectivity index (χ4v) is 4.60. The van der Waals surface area contributed by atoms with Crippen molar-refractivity contribution in [2.75, 3.05) is 33.2 Å². The Balaban J connectivity index is 0.00000280. The predicted molar refractivity (Wildman–Crippen MR) is 130 cm³/mol. The Morgan fingerprint density at radius 1 is 1.11 bits per heavy atom. The number of aromatic nitrogens is 2. The van der Waals surface area contributed by atoms with Gasteiger partial charge in [0.2, 0.25) is 0 Å². The highest BCUT2D eigenvalue weighted by Crippen LogP contribution is 2.19. The number of thiazole rings is 2. The zero-order valence-electron chi connectivity index (χ0n) is 16.9. The lowest BCUT2D eigenvalue weighted by atomic mass is 9.97. The quantitative estimate of drug-likeness (QED) is 0.324.